The maximum Gasteiger partial charge on any atom is 0.276 e. The second kappa shape index (κ2) is 10.3. The standard InChI is InChI=1S/C19H21ClN2O6/c1-25-15-8-12(9-16(26-2)19(15)27-3)10-17(23)21-22-18(24)11-28-14-7-5-4-6-13(14)20/h4-9H,10-11H2,1-3H3,(H,21,23)(H,22,24). The molecule has 0 saturated carbocycles. The van der Waals surface area contributed by atoms with Crippen LogP contribution >= 0.6 is 11.6 Å². The van der Waals surface area contributed by atoms with Gasteiger partial charge in [-0.15, -0.1) is 0 Å². The van der Waals surface area contributed by atoms with Gasteiger partial charge in [0.25, 0.3) is 5.91 Å². The minimum absolute atomic E-state index is 0.0115. The van der Waals surface area contributed by atoms with Crippen LogP contribution in [0, 0.1) is 0 Å². The highest BCUT2D eigenvalue weighted by Crippen LogP contribution is 2.38. The van der Waals surface area contributed by atoms with Crippen LogP contribution in [0.2, 0.25) is 5.02 Å². The van der Waals surface area contributed by atoms with Gasteiger partial charge in [0.15, 0.2) is 18.1 Å². The molecule has 0 fully saturated rings. The van der Waals surface area contributed by atoms with Crippen molar-refractivity contribution >= 4 is 23.4 Å². The van der Waals surface area contributed by atoms with Gasteiger partial charge in [-0.25, -0.2) is 0 Å². The van der Waals surface area contributed by atoms with Crippen LogP contribution in [0.4, 0.5) is 0 Å². The molecule has 2 aromatic carbocycles. The normalized spacial score (nSPS) is 10.0. The van der Waals surface area contributed by atoms with Gasteiger partial charge in [-0.1, -0.05) is 23.7 Å². The van der Waals surface area contributed by atoms with Crippen molar-refractivity contribution in [1.29, 1.82) is 0 Å². The Labute approximate surface area is 167 Å². The highest BCUT2D eigenvalue weighted by atomic mass is 35.5. The van der Waals surface area contributed by atoms with E-state index in [0.717, 1.165) is 0 Å². The molecule has 2 amide bonds. The van der Waals surface area contributed by atoms with Gasteiger partial charge >= 0.3 is 0 Å². The number of nitrogens with one attached hydrogen (secondary N) is 2. The van der Waals surface area contributed by atoms with Crippen molar-refractivity contribution < 1.29 is 28.5 Å². The van der Waals surface area contributed by atoms with E-state index in [4.69, 9.17) is 30.5 Å². The number of hydrazine groups is 1. The predicted octanol–water partition coefficient (Wildman–Crippen LogP) is 2.13. The third-order valence-electron chi connectivity index (χ3n) is 3.63. The molecule has 0 unspecified atom stereocenters. The minimum atomic E-state index is -0.529. The number of ether oxygens (including phenoxy) is 4. The smallest absolute Gasteiger partial charge is 0.276 e. The largest absolute Gasteiger partial charge is 0.493 e. The molecule has 0 aliphatic heterocycles. The van der Waals surface area contributed by atoms with Gasteiger partial charge in [-0.3, -0.25) is 20.4 Å². The average molecular weight is 409 g/mol. The lowest BCUT2D eigenvalue weighted by Crippen LogP contribution is -2.44. The Hall–Kier alpha value is -3.13. The summed E-state index contributed by atoms with van der Waals surface area (Å²) < 4.78 is 21.0. The van der Waals surface area contributed by atoms with E-state index < -0.39 is 11.8 Å². The first-order valence-corrected chi connectivity index (χ1v) is 8.60. The van der Waals surface area contributed by atoms with E-state index in [1.54, 1.807) is 36.4 Å². The Morgan fingerprint density at radius 3 is 2.07 bits per heavy atom. The molecule has 0 saturated heterocycles. The summed E-state index contributed by atoms with van der Waals surface area (Å²) in [7, 11) is 4.47. The quantitative estimate of drug-likeness (QED) is 0.650. The van der Waals surface area contributed by atoms with Crippen LogP contribution in [0.1, 0.15) is 5.56 Å². The summed E-state index contributed by atoms with van der Waals surface area (Å²) in [5, 5.41) is 0.390. The number of benzene rings is 2. The molecule has 0 aliphatic rings. The lowest BCUT2D eigenvalue weighted by Gasteiger charge is -2.14. The Kier molecular flexibility index (Phi) is 7.76. The SMILES string of the molecule is COc1cc(CC(=O)NNC(=O)COc2ccccc2Cl)cc(OC)c1OC. The summed E-state index contributed by atoms with van der Waals surface area (Å²) in [5.41, 5.74) is 5.22. The summed E-state index contributed by atoms with van der Waals surface area (Å²) >= 11 is 5.94. The molecule has 0 spiro atoms. The second-order valence-electron chi connectivity index (χ2n) is 5.53. The van der Waals surface area contributed by atoms with Gasteiger partial charge in [-0.2, -0.15) is 0 Å². The predicted molar refractivity (Wildman–Crippen MR) is 103 cm³/mol. The van der Waals surface area contributed by atoms with Crippen LogP contribution in [0.5, 0.6) is 23.0 Å². The van der Waals surface area contributed by atoms with Crippen molar-refractivity contribution in [3.63, 3.8) is 0 Å². The van der Waals surface area contributed by atoms with Crippen molar-refractivity contribution in [2.75, 3.05) is 27.9 Å². The van der Waals surface area contributed by atoms with E-state index in [-0.39, 0.29) is 13.0 Å². The van der Waals surface area contributed by atoms with Gasteiger partial charge in [0, 0.05) is 0 Å². The van der Waals surface area contributed by atoms with E-state index in [0.29, 0.717) is 33.6 Å². The monoisotopic (exact) mass is 408 g/mol. The number of carbonyl (C=O) groups is 2. The number of hydrogen-bond donors (Lipinski definition) is 2. The molecule has 0 bridgehead atoms. The third-order valence-corrected chi connectivity index (χ3v) is 3.94. The van der Waals surface area contributed by atoms with Crippen LogP contribution in [0.25, 0.3) is 0 Å². The van der Waals surface area contributed by atoms with Gasteiger partial charge in [0.05, 0.1) is 32.8 Å². The molecule has 150 valence electrons. The molecular weight excluding hydrogens is 388 g/mol. The molecule has 0 aliphatic carbocycles. The number of carbonyl (C=O) groups excluding carboxylic acids is 2. The molecule has 0 radical (unpaired) electrons. The lowest BCUT2D eigenvalue weighted by atomic mass is 10.1. The molecule has 2 N–H and O–H groups in total. The van der Waals surface area contributed by atoms with Crippen molar-refractivity contribution in [2.24, 2.45) is 0 Å². The summed E-state index contributed by atoms with van der Waals surface area (Å²) in [4.78, 5) is 23.9. The Morgan fingerprint density at radius 1 is 0.893 bits per heavy atom. The number of methoxy groups -OCH3 is 3. The Bertz CT molecular complexity index is 818. The molecule has 28 heavy (non-hydrogen) atoms. The molecule has 0 atom stereocenters. The first-order chi connectivity index (χ1) is 13.5. The van der Waals surface area contributed by atoms with E-state index in [2.05, 4.69) is 10.9 Å². The molecule has 2 aromatic rings. The average Bonchev–Trinajstić information content (AvgIpc) is 2.70. The molecular formula is C19H21ClN2O6. The van der Waals surface area contributed by atoms with Crippen molar-refractivity contribution in [2.45, 2.75) is 6.42 Å². The number of halogens is 1. The van der Waals surface area contributed by atoms with Crippen molar-refractivity contribution in [3.8, 4) is 23.0 Å². The number of amides is 2. The number of hydrogen-bond acceptors (Lipinski definition) is 6. The zero-order chi connectivity index (χ0) is 20.5. The molecule has 2 rings (SSSR count). The molecule has 8 nitrogen and oxygen atoms in total. The number of para-hydroxylation sites is 1. The summed E-state index contributed by atoms with van der Waals surface area (Å²) in [6, 6.07) is 10.1. The van der Waals surface area contributed by atoms with Crippen LogP contribution in [0.3, 0.4) is 0 Å². The van der Waals surface area contributed by atoms with Crippen LogP contribution in [-0.4, -0.2) is 39.8 Å². The van der Waals surface area contributed by atoms with E-state index in [9.17, 15) is 9.59 Å². The Balaban J connectivity index is 1.88. The highest BCUT2D eigenvalue weighted by Gasteiger charge is 2.15. The summed E-state index contributed by atoms with van der Waals surface area (Å²) in [5.74, 6) is 0.712. The van der Waals surface area contributed by atoms with Gasteiger partial charge in [-0.05, 0) is 29.8 Å². The third kappa shape index (κ3) is 5.68. The topological polar surface area (TPSA) is 95.1 Å². The van der Waals surface area contributed by atoms with Crippen LogP contribution in [-0.2, 0) is 16.0 Å². The van der Waals surface area contributed by atoms with Crippen LogP contribution < -0.4 is 29.8 Å². The first-order valence-electron chi connectivity index (χ1n) is 8.22. The number of rotatable bonds is 8. The van der Waals surface area contributed by atoms with Gasteiger partial charge in [0.2, 0.25) is 11.7 Å². The molecule has 9 heteroatoms. The fourth-order valence-corrected chi connectivity index (χ4v) is 2.54. The zero-order valence-corrected chi connectivity index (χ0v) is 16.5. The zero-order valence-electron chi connectivity index (χ0n) is 15.7. The molecule has 0 heterocycles. The first kappa shape index (κ1) is 21.2. The van der Waals surface area contributed by atoms with Crippen molar-refractivity contribution in [1.82, 2.24) is 10.9 Å². The van der Waals surface area contributed by atoms with Crippen LogP contribution in [0.15, 0.2) is 36.4 Å². The fraction of sp³-hybridized carbons (Fsp3) is 0.263. The maximum atomic E-state index is 12.1. The van der Waals surface area contributed by atoms with E-state index in [1.807, 2.05) is 0 Å². The van der Waals surface area contributed by atoms with E-state index >= 15 is 0 Å². The van der Waals surface area contributed by atoms with E-state index in [1.165, 1.54) is 21.3 Å². The summed E-state index contributed by atoms with van der Waals surface area (Å²) in [6.07, 6.45) is -0.0115. The summed E-state index contributed by atoms with van der Waals surface area (Å²) in [6.45, 7) is -0.297. The maximum absolute atomic E-state index is 12.1. The van der Waals surface area contributed by atoms with Gasteiger partial charge < -0.3 is 18.9 Å². The van der Waals surface area contributed by atoms with Gasteiger partial charge in [0.1, 0.15) is 5.75 Å². The highest BCUT2D eigenvalue weighted by molar-refractivity contribution is 6.32. The van der Waals surface area contributed by atoms with Crippen molar-refractivity contribution in [3.05, 3.63) is 47.0 Å². The minimum Gasteiger partial charge on any atom is -0.493 e. The fourth-order valence-electron chi connectivity index (χ4n) is 2.35. The lowest BCUT2D eigenvalue weighted by molar-refractivity contribution is -0.129. The second-order valence-corrected chi connectivity index (χ2v) is 5.93. The molecule has 0 aromatic heterocycles. The Morgan fingerprint density at radius 2 is 1.50 bits per heavy atom.